The third kappa shape index (κ3) is 5.09. The second-order valence-corrected chi connectivity index (χ2v) is 8.14. The van der Waals surface area contributed by atoms with Crippen LogP contribution in [0, 0.1) is 18.6 Å². The number of halogens is 2. The molecule has 0 aliphatic heterocycles. The van der Waals surface area contributed by atoms with Crippen LogP contribution in [0.25, 0.3) is 11.4 Å². The maximum absolute atomic E-state index is 14.4. The van der Waals surface area contributed by atoms with Crippen LogP contribution in [0.2, 0.25) is 0 Å². The van der Waals surface area contributed by atoms with E-state index in [0.717, 1.165) is 23.8 Å². The van der Waals surface area contributed by atoms with E-state index in [2.05, 4.69) is 25.3 Å². The fourth-order valence-electron chi connectivity index (χ4n) is 3.66. The van der Waals surface area contributed by atoms with Crippen molar-refractivity contribution in [3.8, 4) is 23.0 Å². The van der Waals surface area contributed by atoms with Gasteiger partial charge in [-0.2, -0.15) is 5.10 Å². The number of pyridine rings is 2. The van der Waals surface area contributed by atoms with Gasteiger partial charge in [0.25, 0.3) is 0 Å². The molecule has 11 heteroatoms. The van der Waals surface area contributed by atoms with Crippen LogP contribution >= 0.6 is 0 Å². The number of nitrogens with zero attached hydrogens (tertiary/aromatic N) is 8. The Labute approximate surface area is 205 Å². The van der Waals surface area contributed by atoms with Gasteiger partial charge in [-0.3, -0.25) is 4.98 Å². The Morgan fingerprint density at radius 2 is 1.83 bits per heavy atom. The van der Waals surface area contributed by atoms with Crippen LogP contribution in [0.1, 0.15) is 23.0 Å². The van der Waals surface area contributed by atoms with Gasteiger partial charge in [-0.1, -0.05) is 0 Å². The van der Waals surface area contributed by atoms with Crippen LogP contribution < -0.4 is 4.74 Å². The van der Waals surface area contributed by atoms with Gasteiger partial charge >= 0.3 is 0 Å². The summed E-state index contributed by atoms with van der Waals surface area (Å²) in [6.45, 7) is 1.90. The van der Waals surface area contributed by atoms with Crippen LogP contribution in [-0.2, 0) is 26.4 Å². The van der Waals surface area contributed by atoms with E-state index < -0.39 is 11.6 Å². The summed E-state index contributed by atoms with van der Waals surface area (Å²) in [5, 5.41) is 12.9. The van der Waals surface area contributed by atoms with Crippen LogP contribution in [0.4, 0.5) is 8.78 Å². The zero-order chi connectivity index (χ0) is 25.1. The van der Waals surface area contributed by atoms with Crippen molar-refractivity contribution in [2.45, 2.75) is 26.3 Å². The van der Waals surface area contributed by atoms with E-state index in [9.17, 15) is 8.78 Å². The summed E-state index contributed by atoms with van der Waals surface area (Å²) in [6.07, 6.45) is 5.85. The van der Waals surface area contributed by atoms with Gasteiger partial charge in [0.2, 0.25) is 5.88 Å². The average Bonchev–Trinajstić information content (AvgIpc) is 3.43. The Balaban J connectivity index is 1.46. The largest absolute Gasteiger partial charge is 0.437 e. The highest BCUT2D eigenvalue weighted by atomic mass is 19.1. The first-order valence-electron chi connectivity index (χ1n) is 11.2. The summed E-state index contributed by atoms with van der Waals surface area (Å²) in [4.78, 5) is 13.0. The number of aryl methyl sites for hydroxylation is 3. The molecule has 4 aromatic heterocycles. The molecule has 36 heavy (non-hydrogen) atoms. The smallest absolute Gasteiger partial charge is 0.219 e. The molecule has 9 nitrogen and oxygen atoms in total. The molecule has 0 radical (unpaired) electrons. The Morgan fingerprint density at radius 1 is 0.972 bits per heavy atom. The molecule has 0 atom stereocenters. The summed E-state index contributed by atoms with van der Waals surface area (Å²) in [5.41, 5.74) is 0.843. The quantitative estimate of drug-likeness (QED) is 0.325. The predicted octanol–water partition coefficient (Wildman–Crippen LogP) is 4.08. The highest BCUT2D eigenvalue weighted by Crippen LogP contribution is 2.24. The fourth-order valence-corrected chi connectivity index (χ4v) is 3.66. The van der Waals surface area contributed by atoms with Crippen LogP contribution in [-0.4, -0.2) is 39.5 Å². The lowest BCUT2D eigenvalue weighted by Crippen LogP contribution is -2.11. The molecule has 1 aromatic carbocycles. The van der Waals surface area contributed by atoms with Crippen molar-refractivity contribution in [2.24, 2.45) is 7.05 Å². The second kappa shape index (κ2) is 9.98. The highest BCUT2D eigenvalue weighted by molar-refractivity contribution is 5.55. The van der Waals surface area contributed by atoms with Crippen molar-refractivity contribution in [2.75, 3.05) is 0 Å². The lowest BCUT2D eigenvalue weighted by atomic mass is 10.2. The Kier molecular flexibility index (Phi) is 6.44. The van der Waals surface area contributed by atoms with Gasteiger partial charge in [0, 0.05) is 49.5 Å². The standard InChI is InChI=1S/C25H22F2N8O/c1-16-31-32-23(34(16)2)8-7-22-30-25(33-35(22)15-18-12-19(26)5-6-21(18)27)17-9-11-29-24(13-17)36-20-4-3-10-28-14-20/h3-6,9-14H,7-8,15H2,1-2H3. The van der Waals surface area contributed by atoms with Crippen molar-refractivity contribution >= 4 is 0 Å². The predicted molar refractivity (Wildman–Crippen MR) is 126 cm³/mol. The van der Waals surface area contributed by atoms with Gasteiger partial charge < -0.3 is 9.30 Å². The molecule has 4 heterocycles. The summed E-state index contributed by atoms with van der Waals surface area (Å²) in [5.74, 6) is 2.46. The van der Waals surface area contributed by atoms with E-state index in [1.165, 1.54) is 6.07 Å². The zero-order valence-electron chi connectivity index (χ0n) is 19.6. The van der Waals surface area contributed by atoms with Crippen molar-refractivity contribution in [3.63, 3.8) is 0 Å². The molecule has 0 saturated carbocycles. The van der Waals surface area contributed by atoms with Gasteiger partial charge in [-0.15, -0.1) is 10.2 Å². The third-order valence-electron chi connectivity index (χ3n) is 5.68. The van der Waals surface area contributed by atoms with E-state index in [1.54, 1.807) is 47.5 Å². The van der Waals surface area contributed by atoms with Crippen molar-refractivity contribution in [1.29, 1.82) is 0 Å². The van der Waals surface area contributed by atoms with Gasteiger partial charge in [0.1, 0.15) is 34.9 Å². The SMILES string of the molecule is Cc1nnc(CCc2nc(-c3ccnc(Oc4cccnc4)c3)nn2Cc2cc(F)ccc2F)n1C. The molecule has 0 spiro atoms. The minimum Gasteiger partial charge on any atom is -0.437 e. The first kappa shape index (κ1) is 23.2. The molecule has 0 bridgehead atoms. The van der Waals surface area contributed by atoms with Crippen LogP contribution in [0.5, 0.6) is 11.6 Å². The molecule has 0 fully saturated rings. The van der Waals surface area contributed by atoms with Crippen molar-refractivity contribution in [3.05, 3.63) is 95.7 Å². The number of hydrogen-bond donors (Lipinski definition) is 0. The number of rotatable bonds is 8. The van der Waals surface area contributed by atoms with Gasteiger partial charge in [0.15, 0.2) is 5.82 Å². The minimum absolute atomic E-state index is 0.0217. The zero-order valence-corrected chi connectivity index (χ0v) is 19.6. The fraction of sp³-hybridized carbons (Fsp3) is 0.200. The molecule has 0 aliphatic rings. The summed E-state index contributed by atoms with van der Waals surface area (Å²) in [6, 6.07) is 10.4. The number of benzene rings is 1. The van der Waals surface area contributed by atoms with E-state index in [4.69, 9.17) is 9.72 Å². The summed E-state index contributed by atoms with van der Waals surface area (Å²) in [7, 11) is 1.89. The minimum atomic E-state index is -0.519. The molecule has 0 saturated heterocycles. The summed E-state index contributed by atoms with van der Waals surface area (Å²) < 4.78 is 37.5. The lowest BCUT2D eigenvalue weighted by molar-refractivity contribution is 0.461. The molecule has 5 aromatic rings. The number of aromatic nitrogens is 8. The molecule has 0 unspecified atom stereocenters. The molecule has 0 aliphatic carbocycles. The van der Waals surface area contributed by atoms with Crippen molar-refractivity contribution < 1.29 is 13.5 Å². The maximum Gasteiger partial charge on any atom is 0.219 e. The first-order valence-corrected chi connectivity index (χ1v) is 11.2. The second-order valence-electron chi connectivity index (χ2n) is 8.14. The Hall–Kier alpha value is -4.54. The van der Waals surface area contributed by atoms with E-state index >= 15 is 0 Å². The molecule has 0 N–H and O–H groups in total. The summed E-state index contributed by atoms with van der Waals surface area (Å²) >= 11 is 0. The molecular weight excluding hydrogens is 466 g/mol. The Bertz CT molecular complexity index is 1500. The Morgan fingerprint density at radius 3 is 2.61 bits per heavy atom. The van der Waals surface area contributed by atoms with Gasteiger partial charge in [0.05, 0.1) is 12.7 Å². The third-order valence-corrected chi connectivity index (χ3v) is 5.68. The van der Waals surface area contributed by atoms with E-state index in [1.807, 2.05) is 18.5 Å². The monoisotopic (exact) mass is 488 g/mol. The molecule has 5 rings (SSSR count). The molecule has 182 valence electrons. The van der Waals surface area contributed by atoms with Crippen LogP contribution in [0.3, 0.4) is 0 Å². The average molecular weight is 489 g/mol. The first-order chi connectivity index (χ1) is 17.5. The van der Waals surface area contributed by atoms with Crippen LogP contribution in [0.15, 0.2) is 61.1 Å². The topological polar surface area (TPSA) is 96.4 Å². The van der Waals surface area contributed by atoms with Crippen molar-refractivity contribution in [1.82, 2.24) is 39.5 Å². The normalized spacial score (nSPS) is 11.1. The van der Waals surface area contributed by atoms with E-state index in [0.29, 0.717) is 41.7 Å². The highest BCUT2D eigenvalue weighted by Gasteiger charge is 2.17. The molecule has 0 amide bonds. The van der Waals surface area contributed by atoms with Gasteiger partial charge in [-0.25, -0.2) is 23.4 Å². The molecular formula is C25H22F2N8O. The maximum atomic E-state index is 14.4. The number of ether oxygens (including phenoxy) is 1. The number of hydrogen-bond acceptors (Lipinski definition) is 7. The lowest BCUT2D eigenvalue weighted by Gasteiger charge is -2.07. The van der Waals surface area contributed by atoms with E-state index in [-0.39, 0.29) is 12.1 Å². The van der Waals surface area contributed by atoms with Gasteiger partial charge in [-0.05, 0) is 43.3 Å².